The van der Waals surface area contributed by atoms with Gasteiger partial charge in [-0.15, -0.1) is 24.0 Å². The molecule has 1 aliphatic heterocycles. The molecule has 0 unspecified atom stereocenters. The molecule has 19 heavy (non-hydrogen) atoms. The van der Waals surface area contributed by atoms with E-state index >= 15 is 0 Å². The molecule has 106 valence electrons. The molecule has 0 fully saturated rings. The molecule has 5 heteroatoms. The number of benzene rings is 1. The highest BCUT2D eigenvalue weighted by Gasteiger charge is 2.03. The third-order valence-electron chi connectivity index (χ3n) is 3.06. The van der Waals surface area contributed by atoms with E-state index < -0.39 is 0 Å². The molecule has 2 N–H and O–H groups in total. The zero-order chi connectivity index (χ0) is 12.6. The second-order valence-corrected chi connectivity index (χ2v) is 4.55. The normalized spacial score (nSPS) is 13.8. The van der Waals surface area contributed by atoms with E-state index in [0.29, 0.717) is 0 Å². The molecule has 0 spiro atoms. The van der Waals surface area contributed by atoms with Gasteiger partial charge >= 0.3 is 0 Å². The Hall–Kier alpha value is -0.980. The van der Waals surface area contributed by atoms with E-state index in [4.69, 9.17) is 0 Å². The molecule has 0 atom stereocenters. The zero-order valence-electron chi connectivity index (χ0n) is 11.4. The minimum absolute atomic E-state index is 0. The highest BCUT2D eigenvalue weighted by molar-refractivity contribution is 14.0. The molecule has 1 aliphatic rings. The summed E-state index contributed by atoms with van der Waals surface area (Å²) in [5, 5.41) is 6.60. The first-order valence-electron chi connectivity index (χ1n) is 6.64. The molecule has 0 saturated heterocycles. The largest absolute Gasteiger partial charge is 0.375 e. The van der Waals surface area contributed by atoms with Crippen molar-refractivity contribution in [2.24, 2.45) is 4.99 Å². The maximum Gasteiger partial charge on any atom is 0.191 e. The van der Waals surface area contributed by atoms with Crippen LogP contribution in [0.25, 0.3) is 0 Å². The van der Waals surface area contributed by atoms with Crippen LogP contribution in [0.5, 0.6) is 0 Å². The van der Waals surface area contributed by atoms with E-state index in [1.54, 1.807) is 0 Å². The fourth-order valence-corrected chi connectivity index (χ4v) is 1.99. The van der Waals surface area contributed by atoms with Gasteiger partial charge in [-0.2, -0.15) is 0 Å². The summed E-state index contributed by atoms with van der Waals surface area (Å²) in [4.78, 5) is 6.66. The molecule has 0 amide bonds. The SMILES string of the molecule is CN(CCCNC1=NCCCN1)c1ccccc1.I. The predicted octanol–water partition coefficient (Wildman–Crippen LogP) is 2.07. The van der Waals surface area contributed by atoms with Crippen molar-refractivity contribution in [2.45, 2.75) is 12.8 Å². The third-order valence-corrected chi connectivity index (χ3v) is 3.06. The number of hydrogen-bond donors (Lipinski definition) is 2. The van der Waals surface area contributed by atoms with Gasteiger partial charge in [-0.1, -0.05) is 18.2 Å². The molecule has 1 heterocycles. The molecule has 1 aromatic carbocycles. The molecule has 0 aliphatic carbocycles. The van der Waals surface area contributed by atoms with Crippen LogP contribution in [0.2, 0.25) is 0 Å². The number of guanidine groups is 1. The number of nitrogens with one attached hydrogen (secondary N) is 2. The molecule has 2 rings (SSSR count). The zero-order valence-corrected chi connectivity index (χ0v) is 13.8. The van der Waals surface area contributed by atoms with Gasteiger partial charge in [-0.25, -0.2) is 0 Å². The number of hydrogen-bond acceptors (Lipinski definition) is 4. The Balaban J connectivity index is 0.00000180. The molecule has 0 aromatic heterocycles. The fraction of sp³-hybridized carbons (Fsp3) is 0.500. The van der Waals surface area contributed by atoms with E-state index in [0.717, 1.165) is 45.0 Å². The summed E-state index contributed by atoms with van der Waals surface area (Å²) in [5.74, 6) is 0.962. The minimum Gasteiger partial charge on any atom is -0.375 e. The van der Waals surface area contributed by atoms with Crippen LogP contribution < -0.4 is 15.5 Å². The first kappa shape index (κ1) is 16.1. The summed E-state index contributed by atoms with van der Waals surface area (Å²) in [6, 6.07) is 10.5. The van der Waals surface area contributed by atoms with Crippen LogP contribution in [0.3, 0.4) is 0 Å². The Labute approximate surface area is 132 Å². The van der Waals surface area contributed by atoms with Crippen molar-refractivity contribution in [1.29, 1.82) is 0 Å². The number of rotatable bonds is 5. The lowest BCUT2D eigenvalue weighted by atomic mass is 10.3. The van der Waals surface area contributed by atoms with E-state index in [9.17, 15) is 0 Å². The minimum atomic E-state index is 0. The lowest BCUT2D eigenvalue weighted by molar-refractivity contribution is 0.683. The standard InChI is InChI=1S/C14H22N4.HI/c1-18(13-7-3-2-4-8-13)12-6-11-17-14-15-9-5-10-16-14;/h2-4,7-8H,5-6,9-12H2,1H3,(H2,15,16,17);1H. The molecular weight excluding hydrogens is 351 g/mol. The van der Waals surface area contributed by atoms with Gasteiger partial charge in [0, 0.05) is 38.9 Å². The second kappa shape index (κ2) is 9.01. The summed E-state index contributed by atoms with van der Waals surface area (Å²) >= 11 is 0. The van der Waals surface area contributed by atoms with Crippen LogP contribution in [0.1, 0.15) is 12.8 Å². The molecule has 1 aromatic rings. The van der Waals surface area contributed by atoms with Gasteiger partial charge in [0.25, 0.3) is 0 Å². The number of halogens is 1. The molecule has 4 nitrogen and oxygen atoms in total. The maximum atomic E-state index is 4.39. The van der Waals surface area contributed by atoms with Gasteiger partial charge < -0.3 is 15.5 Å². The van der Waals surface area contributed by atoms with Gasteiger partial charge in [-0.3, -0.25) is 4.99 Å². The quantitative estimate of drug-likeness (QED) is 0.613. The average molecular weight is 374 g/mol. The predicted molar refractivity (Wildman–Crippen MR) is 92.7 cm³/mol. The lowest BCUT2D eigenvalue weighted by Crippen LogP contribution is -2.41. The van der Waals surface area contributed by atoms with Gasteiger partial charge in [0.05, 0.1) is 0 Å². The number of nitrogens with zero attached hydrogens (tertiary/aromatic N) is 2. The highest BCUT2D eigenvalue weighted by Crippen LogP contribution is 2.10. The van der Waals surface area contributed by atoms with Gasteiger partial charge in [0.1, 0.15) is 0 Å². The topological polar surface area (TPSA) is 39.7 Å². The summed E-state index contributed by atoms with van der Waals surface area (Å²) in [5.41, 5.74) is 1.27. The van der Waals surface area contributed by atoms with E-state index in [-0.39, 0.29) is 24.0 Å². The monoisotopic (exact) mass is 374 g/mol. The van der Waals surface area contributed by atoms with Crippen LogP contribution in [-0.2, 0) is 0 Å². The maximum absolute atomic E-state index is 4.39. The second-order valence-electron chi connectivity index (χ2n) is 4.55. The Morgan fingerprint density at radius 2 is 2.11 bits per heavy atom. The number of para-hydroxylation sites is 1. The lowest BCUT2D eigenvalue weighted by Gasteiger charge is -2.20. The summed E-state index contributed by atoms with van der Waals surface area (Å²) in [7, 11) is 2.13. The van der Waals surface area contributed by atoms with Crippen molar-refractivity contribution >= 4 is 35.6 Å². The Bertz CT molecular complexity index is 380. The van der Waals surface area contributed by atoms with E-state index in [2.05, 4.69) is 51.8 Å². The fourth-order valence-electron chi connectivity index (χ4n) is 1.99. The Kier molecular flexibility index (Phi) is 7.62. The van der Waals surface area contributed by atoms with Crippen molar-refractivity contribution in [1.82, 2.24) is 10.6 Å². The smallest absolute Gasteiger partial charge is 0.191 e. The van der Waals surface area contributed by atoms with Crippen molar-refractivity contribution < 1.29 is 0 Å². The number of anilines is 1. The van der Waals surface area contributed by atoms with Crippen LogP contribution >= 0.6 is 24.0 Å². The van der Waals surface area contributed by atoms with Crippen LogP contribution in [0.4, 0.5) is 5.69 Å². The number of aliphatic imine (C=N–C) groups is 1. The first-order chi connectivity index (χ1) is 8.86. The van der Waals surface area contributed by atoms with Crippen molar-refractivity contribution in [3.05, 3.63) is 30.3 Å². The van der Waals surface area contributed by atoms with Crippen LogP contribution in [0.15, 0.2) is 35.3 Å². The Morgan fingerprint density at radius 3 is 2.79 bits per heavy atom. The summed E-state index contributed by atoms with van der Waals surface area (Å²) in [6.45, 7) is 3.99. The first-order valence-corrected chi connectivity index (χ1v) is 6.64. The summed E-state index contributed by atoms with van der Waals surface area (Å²) in [6.07, 6.45) is 2.24. The van der Waals surface area contributed by atoms with Gasteiger partial charge in [0.15, 0.2) is 5.96 Å². The van der Waals surface area contributed by atoms with Crippen LogP contribution in [0, 0.1) is 0 Å². The average Bonchev–Trinajstić information content (AvgIpc) is 2.45. The highest BCUT2D eigenvalue weighted by atomic mass is 127. The molecule has 0 radical (unpaired) electrons. The van der Waals surface area contributed by atoms with Crippen molar-refractivity contribution in [2.75, 3.05) is 38.1 Å². The van der Waals surface area contributed by atoms with E-state index in [1.807, 2.05) is 6.07 Å². The summed E-state index contributed by atoms with van der Waals surface area (Å²) < 4.78 is 0. The van der Waals surface area contributed by atoms with E-state index in [1.165, 1.54) is 5.69 Å². The van der Waals surface area contributed by atoms with Gasteiger partial charge in [0.2, 0.25) is 0 Å². The third kappa shape index (κ3) is 5.67. The Morgan fingerprint density at radius 1 is 1.32 bits per heavy atom. The molecule has 0 saturated carbocycles. The van der Waals surface area contributed by atoms with Crippen molar-refractivity contribution in [3.63, 3.8) is 0 Å². The molecular formula is C14H23IN4. The molecule has 0 bridgehead atoms. The van der Waals surface area contributed by atoms with Gasteiger partial charge in [-0.05, 0) is 25.0 Å². The van der Waals surface area contributed by atoms with Crippen LogP contribution in [-0.4, -0.2) is 39.2 Å². The van der Waals surface area contributed by atoms with Crippen molar-refractivity contribution in [3.8, 4) is 0 Å².